The van der Waals surface area contributed by atoms with Gasteiger partial charge in [0.15, 0.2) is 0 Å². The molecule has 142 valence electrons. The molecule has 1 fully saturated rings. The summed E-state index contributed by atoms with van der Waals surface area (Å²) >= 11 is 0. The first kappa shape index (κ1) is 18.1. The Morgan fingerprint density at radius 1 is 0.889 bits per heavy atom. The van der Waals surface area contributed by atoms with Crippen LogP contribution in [0.2, 0.25) is 0 Å². The van der Waals surface area contributed by atoms with Gasteiger partial charge in [0, 0.05) is 12.1 Å². The van der Waals surface area contributed by atoms with E-state index in [1.54, 1.807) is 12.1 Å². The number of para-hydroxylation sites is 1. The zero-order chi connectivity index (χ0) is 18.9. The Morgan fingerprint density at radius 2 is 1.59 bits per heavy atom. The molecule has 0 bridgehead atoms. The number of halogens is 3. The van der Waals surface area contributed by atoms with Crippen LogP contribution in [-0.2, 0) is 6.18 Å². The summed E-state index contributed by atoms with van der Waals surface area (Å²) in [4.78, 5) is 2.42. The predicted molar refractivity (Wildman–Crippen MR) is 99.7 cm³/mol. The first-order valence-corrected chi connectivity index (χ1v) is 9.36. The maximum absolute atomic E-state index is 12.9. The van der Waals surface area contributed by atoms with Crippen molar-refractivity contribution in [2.75, 3.05) is 26.2 Å². The number of hydrogen-bond donors (Lipinski definition) is 0. The highest BCUT2D eigenvalue weighted by molar-refractivity contribution is 5.86. The van der Waals surface area contributed by atoms with Crippen LogP contribution in [0.3, 0.4) is 0 Å². The lowest BCUT2D eigenvalue weighted by atomic mass is 9.90. The Labute approximate surface area is 157 Å². The summed E-state index contributed by atoms with van der Waals surface area (Å²) in [6.07, 6.45) is -0.668. The Hall–Kier alpha value is -2.27. The van der Waals surface area contributed by atoms with Gasteiger partial charge in [-0.15, -0.1) is 0 Å². The molecular weight excluding hydrogens is 351 g/mol. The highest BCUT2D eigenvalue weighted by Gasteiger charge is 2.30. The van der Waals surface area contributed by atoms with E-state index in [4.69, 9.17) is 4.74 Å². The van der Waals surface area contributed by atoms with E-state index >= 15 is 0 Å². The van der Waals surface area contributed by atoms with E-state index < -0.39 is 11.7 Å². The lowest BCUT2D eigenvalue weighted by Crippen LogP contribution is -2.33. The minimum absolute atomic E-state index is 0.476. The van der Waals surface area contributed by atoms with Crippen molar-refractivity contribution in [3.63, 3.8) is 0 Å². The lowest BCUT2D eigenvalue weighted by molar-refractivity contribution is -0.137. The van der Waals surface area contributed by atoms with E-state index in [-0.39, 0.29) is 0 Å². The zero-order valence-corrected chi connectivity index (χ0v) is 15.1. The molecule has 5 heteroatoms. The highest BCUT2D eigenvalue weighted by Crippen LogP contribution is 2.39. The standard InChI is InChI=1S/C22H22F3NO/c23-22(24,25)18-10-8-16(9-11-18)21-17(14-26-12-4-1-5-13-26)15-27-20-7-3-2-6-19(20)21/h2-3,6-11H,1,4-5,12-15H2. The molecule has 2 nitrogen and oxygen atoms in total. The van der Waals surface area contributed by atoms with Crippen molar-refractivity contribution in [1.82, 2.24) is 4.90 Å². The van der Waals surface area contributed by atoms with Gasteiger partial charge in [0.2, 0.25) is 0 Å². The van der Waals surface area contributed by atoms with Crippen LogP contribution in [0.25, 0.3) is 5.57 Å². The summed E-state index contributed by atoms with van der Waals surface area (Å²) in [5, 5.41) is 0. The molecule has 0 N–H and O–H groups in total. The Kier molecular flexibility index (Phi) is 4.96. The molecule has 0 atom stereocenters. The van der Waals surface area contributed by atoms with E-state index in [0.29, 0.717) is 6.61 Å². The minimum Gasteiger partial charge on any atom is -0.489 e. The van der Waals surface area contributed by atoms with Gasteiger partial charge in [0.05, 0.1) is 5.56 Å². The topological polar surface area (TPSA) is 12.5 Å². The molecule has 0 spiro atoms. The fourth-order valence-corrected chi connectivity index (χ4v) is 3.92. The molecule has 2 aliphatic heterocycles. The average molecular weight is 373 g/mol. The molecule has 0 radical (unpaired) electrons. The fourth-order valence-electron chi connectivity index (χ4n) is 3.92. The Morgan fingerprint density at radius 3 is 2.30 bits per heavy atom. The molecule has 0 aromatic heterocycles. The highest BCUT2D eigenvalue weighted by atomic mass is 19.4. The van der Waals surface area contributed by atoms with E-state index in [2.05, 4.69) is 4.90 Å². The maximum atomic E-state index is 12.9. The maximum Gasteiger partial charge on any atom is 0.416 e. The molecule has 4 rings (SSSR count). The Bertz CT molecular complexity index is 833. The molecule has 0 unspecified atom stereocenters. The van der Waals surface area contributed by atoms with Crippen molar-refractivity contribution >= 4 is 5.57 Å². The zero-order valence-electron chi connectivity index (χ0n) is 15.1. The van der Waals surface area contributed by atoms with E-state index in [1.807, 2.05) is 24.3 Å². The van der Waals surface area contributed by atoms with Crippen LogP contribution in [0.4, 0.5) is 13.2 Å². The molecule has 2 heterocycles. The second-order valence-corrected chi connectivity index (χ2v) is 7.18. The van der Waals surface area contributed by atoms with Gasteiger partial charge >= 0.3 is 6.18 Å². The van der Waals surface area contributed by atoms with Gasteiger partial charge in [-0.2, -0.15) is 13.2 Å². The number of fused-ring (bicyclic) bond motifs is 1. The largest absolute Gasteiger partial charge is 0.489 e. The van der Waals surface area contributed by atoms with Crippen molar-refractivity contribution in [2.45, 2.75) is 25.4 Å². The van der Waals surface area contributed by atoms with Crippen molar-refractivity contribution in [3.05, 3.63) is 70.8 Å². The first-order chi connectivity index (χ1) is 13.0. The van der Waals surface area contributed by atoms with Gasteiger partial charge < -0.3 is 4.74 Å². The normalized spacial score (nSPS) is 18.2. The summed E-state index contributed by atoms with van der Waals surface area (Å²) in [5.74, 6) is 0.787. The summed E-state index contributed by atoms with van der Waals surface area (Å²) in [6, 6.07) is 13.2. The van der Waals surface area contributed by atoms with Crippen molar-refractivity contribution in [2.24, 2.45) is 0 Å². The number of rotatable bonds is 3. The number of nitrogens with zero attached hydrogens (tertiary/aromatic N) is 1. The smallest absolute Gasteiger partial charge is 0.416 e. The third-order valence-electron chi connectivity index (χ3n) is 5.28. The minimum atomic E-state index is -4.32. The van der Waals surface area contributed by atoms with E-state index in [0.717, 1.165) is 47.7 Å². The van der Waals surface area contributed by atoms with Crippen LogP contribution in [0.1, 0.15) is 36.0 Å². The van der Waals surface area contributed by atoms with E-state index in [9.17, 15) is 13.2 Å². The molecule has 2 aromatic carbocycles. The van der Waals surface area contributed by atoms with Gasteiger partial charge in [-0.05, 0) is 60.8 Å². The average Bonchev–Trinajstić information content (AvgIpc) is 2.68. The van der Waals surface area contributed by atoms with Crippen LogP contribution in [0, 0.1) is 0 Å². The number of likely N-dealkylation sites (tertiary alicyclic amines) is 1. The summed E-state index contributed by atoms with van der Waals surface area (Å²) in [6.45, 7) is 3.39. The lowest BCUT2D eigenvalue weighted by Gasteiger charge is -2.31. The summed E-state index contributed by atoms with van der Waals surface area (Å²) in [5.41, 5.74) is 3.29. The molecule has 0 amide bonds. The first-order valence-electron chi connectivity index (χ1n) is 9.36. The van der Waals surface area contributed by atoms with E-state index in [1.165, 1.54) is 31.4 Å². The summed E-state index contributed by atoms with van der Waals surface area (Å²) < 4.78 is 44.8. The molecule has 2 aliphatic rings. The third-order valence-corrected chi connectivity index (χ3v) is 5.28. The van der Waals surface area contributed by atoms with Crippen molar-refractivity contribution in [1.29, 1.82) is 0 Å². The number of ether oxygens (including phenoxy) is 1. The SMILES string of the molecule is FC(F)(F)c1ccc(C2=C(CN3CCCCC3)COc3ccccc32)cc1. The second kappa shape index (κ2) is 7.39. The van der Waals surface area contributed by atoms with Gasteiger partial charge in [0.25, 0.3) is 0 Å². The van der Waals surface area contributed by atoms with Crippen molar-refractivity contribution < 1.29 is 17.9 Å². The van der Waals surface area contributed by atoms with Crippen LogP contribution < -0.4 is 4.74 Å². The van der Waals surface area contributed by atoms with Crippen LogP contribution in [0.5, 0.6) is 5.75 Å². The summed E-state index contributed by atoms with van der Waals surface area (Å²) in [7, 11) is 0. The van der Waals surface area contributed by atoms with Crippen LogP contribution in [0.15, 0.2) is 54.1 Å². The fraction of sp³-hybridized carbons (Fsp3) is 0.364. The molecule has 1 saturated heterocycles. The Balaban J connectivity index is 1.74. The monoisotopic (exact) mass is 373 g/mol. The number of piperidine rings is 1. The number of alkyl halides is 3. The molecule has 2 aromatic rings. The van der Waals surface area contributed by atoms with Gasteiger partial charge in [-0.3, -0.25) is 4.90 Å². The molecule has 0 saturated carbocycles. The third kappa shape index (κ3) is 3.88. The van der Waals surface area contributed by atoms with Crippen LogP contribution >= 0.6 is 0 Å². The number of benzene rings is 2. The van der Waals surface area contributed by atoms with Gasteiger partial charge in [-0.25, -0.2) is 0 Å². The molecular formula is C22H22F3NO. The van der Waals surface area contributed by atoms with Crippen molar-refractivity contribution in [3.8, 4) is 5.75 Å². The second-order valence-electron chi connectivity index (χ2n) is 7.18. The van der Waals surface area contributed by atoms with Gasteiger partial charge in [-0.1, -0.05) is 36.8 Å². The molecule has 0 aliphatic carbocycles. The van der Waals surface area contributed by atoms with Gasteiger partial charge in [0.1, 0.15) is 12.4 Å². The predicted octanol–water partition coefficient (Wildman–Crippen LogP) is 5.39. The molecule has 27 heavy (non-hydrogen) atoms. The quantitative estimate of drug-likeness (QED) is 0.716. The van der Waals surface area contributed by atoms with Crippen LogP contribution in [-0.4, -0.2) is 31.1 Å². The number of hydrogen-bond acceptors (Lipinski definition) is 2.